The molecule has 14 heavy (non-hydrogen) atoms. The van der Waals surface area contributed by atoms with Crippen LogP contribution in [0.5, 0.6) is 0 Å². The van der Waals surface area contributed by atoms with Gasteiger partial charge in [0.05, 0.1) is 0 Å². The summed E-state index contributed by atoms with van der Waals surface area (Å²) in [5.41, 5.74) is 2.56. The first-order valence-electron chi connectivity index (χ1n) is 5.03. The van der Waals surface area contributed by atoms with Gasteiger partial charge in [0.2, 0.25) is 0 Å². The van der Waals surface area contributed by atoms with E-state index in [0.29, 0.717) is 5.92 Å². The second kappa shape index (κ2) is 5.97. The lowest BCUT2D eigenvalue weighted by Gasteiger charge is -2.09. The van der Waals surface area contributed by atoms with Crippen molar-refractivity contribution in [3.8, 4) is 0 Å². The number of hydrogen-bond acceptors (Lipinski definition) is 2. The van der Waals surface area contributed by atoms with Gasteiger partial charge in [0, 0.05) is 5.69 Å². The SMILES string of the molecule is CCS[CH]Nc1cccc(C(C)C)c1. The average Bonchev–Trinajstić information content (AvgIpc) is 2.19. The molecule has 0 bridgehead atoms. The van der Waals surface area contributed by atoms with Crippen LogP contribution < -0.4 is 5.32 Å². The lowest BCUT2D eigenvalue weighted by molar-refractivity contribution is 0.867. The van der Waals surface area contributed by atoms with Crippen LogP contribution in [0.4, 0.5) is 5.69 Å². The largest absolute Gasteiger partial charge is 0.371 e. The van der Waals surface area contributed by atoms with Crippen LogP contribution >= 0.6 is 11.8 Å². The zero-order valence-electron chi connectivity index (χ0n) is 9.08. The minimum Gasteiger partial charge on any atom is -0.371 e. The van der Waals surface area contributed by atoms with Gasteiger partial charge in [-0.3, -0.25) is 0 Å². The van der Waals surface area contributed by atoms with Crippen molar-refractivity contribution in [1.82, 2.24) is 0 Å². The van der Waals surface area contributed by atoms with Gasteiger partial charge in [0.15, 0.2) is 0 Å². The third-order valence-electron chi connectivity index (χ3n) is 2.03. The summed E-state index contributed by atoms with van der Waals surface area (Å²) in [6.07, 6.45) is 0. The summed E-state index contributed by atoms with van der Waals surface area (Å²) in [6, 6.07) is 8.57. The summed E-state index contributed by atoms with van der Waals surface area (Å²) in [5, 5.41) is 3.28. The summed E-state index contributed by atoms with van der Waals surface area (Å²) in [4.78, 5) is 0. The minimum atomic E-state index is 0.593. The third kappa shape index (κ3) is 3.62. The predicted molar refractivity (Wildman–Crippen MR) is 66.6 cm³/mol. The maximum Gasteiger partial charge on any atom is 0.102 e. The molecule has 0 spiro atoms. The van der Waals surface area contributed by atoms with Crippen LogP contribution in [-0.2, 0) is 0 Å². The molecule has 1 aromatic rings. The Hall–Kier alpha value is -0.630. The summed E-state index contributed by atoms with van der Waals surface area (Å²) in [5.74, 6) is 3.74. The van der Waals surface area contributed by atoms with Crippen LogP contribution in [0.25, 0.3) is 0 Å². The first-order chi connectivity index (χ1) is 6.74. The molecule has 77 valence electrons. The molecule has 0 aliphatic rings. The first kappa shape index (κ1) is 11.4. The van der Waals surface area contributed by atoms with Gasteiger partial charge in [-0.1, -0.05) is 32.9 Å². The molecule has 0 aliphatic carbocycles. The molecule has 0 atom stereocenters. The number of nitrogens with one attached hydrogen (secondary N) is 1. The second-order valence-electron chi connectivity index (χ2n) is 3.50. The summed E-state index contributed by atoms with van der Waals surface area (Å²) in [7, 11) is 0. The van der Waals surface area contributed by atoms with Crippen molar-refractivity contribution in [2.24, 2.45) is 0 Å². The molecule has 1 aromatic carbocycles. The van der Waals surface area contributed by atoms with E-state index in [1.54, 1.807) is 11.8 Å². The number of anilines is 1. The van der Waals surface area contributed by atoms with E-state index in [2.05, 4.69) is 50.4 Å². The van der Waals surface area contributed by atoms with E-state index in [9.17, 15) is 0 Å². The van der Waals surface area contributed by atoms with Gasteiger partial charge in [-0.05, 0) is 29.4 Å². The van der Waals surface area contributed by atoms with Crippen molar-refractivity contribution in [3.05, 3.63) is 35.7 Å². The van der Waals surface area contributed by atoms with Crippen LogP contribution in [0.2, 0.25) is 0 Å². The summed E-state index contributed by atoms with van der Waals surface area (Å²) in [6.45, 7) is 6.57. The number of thioether (sulfide) groups is 1. The fraction of sp³-hybridized carbons (Fsp3) is 0.417. The molecule has 1 radical (unpaired) electrons. The van der Waals surface area contributed by atoms with E-state index in [1.807, 2.05) is 5.88 Å². The van der Waals surface area contributed by atoms with Crippen LogP contribution in [0.3, 0.4) is 0 Å². The molecule has 0 unspecified atom stereocenters. The van der Waals surface area contributed by atoms with Crippen molar-refractivity contribution in [2.75, 3.05) is 11.1 Å². The molecular weight excluding hydrogens is 190 g/mol. The van der Waals surface area contributed by atoms with E-state index in [4.69, 9.17) is 0 Å². The normalized spacial score (nSPS) is 10.6. The van der Waals surface area contributed by atoms with Gasteiger partial charge in [-0.25, -0.2) is 0 Å². The fourth-order valence-electron chi connectivity index (χ4n) is 1.18. The fourth-order valence-corrected chi connectivity index (χ4v) is 1.57. The van der Waals surface area contributed by atoms with Crippen molar-refractivity contribution in [2.45, 2.75) is 26.7 Å². The number of hydrogen-bond donors (Lipinski definition) is 1. The van der Waals surface area contributed by atoms with Crippen LogP contribution in [0.1, 0.15) is 32.3 Å². The Morgan fingerprint density at radius 1 is 1.43 bits per heavy atom. The van der Waals surface area contributed by atoms with Crippen molar-refractivity contribution >= 4 is 17.4 Å². The van der Waals surface area contributed by atoms with Crippen LogP contribution in [-0.4, -0.2) is 5.75 Å². The molecule has 0 amide bonds. The van der Waals surface area contributed by atoms with E-state index >= 15 is 0 Å². The van der Waals surface area contributed by atoms with Crippen LogP contribution in [0.15, 0.2) is 24.3 Å². The topological polar surface area (TPSA) is 12.0 Å². The molecule has 0 saturated heterocycles. The number of benzene rings is 1. The number of rotatable bonds is 5. The van der Waals surface area contributed by atoms with E-state index in [1.165, 1.54) is 11.3 Å². The quantitative estimate of drug-likeness (QED) is 0.731. The van der Waals surface area contributed by atoms with E-state index in [0.717, 1.165) is 5.75 Å². The summed E-state index contributed by atoms with van der Waals surface area (Å²) < 4.78 is 0. The van der Waals surface area contributed by atoms with Gasteiger partial charge in [-0.2, -0.15) is 0 Å². The molecule has 0 fully saturated rings. The predicted octanol–water partition coefficient (Wildman–Crippen LogP) is 4.09. The zero-order chi connectivity index (χ0) is 10.4. The maximum atomic E-state index is 3.28. The molecule has 0 aromatic heterocycles. The van der Waals surface area contributed by atoms with Gasteiger partial charge >= 0.3 is 0 Å². The minimum absolute atomic E-state index is 0.593. The van der Waals surface area contributed by atoms with E-state index in [-0.39, 0.29) is 0 Å². The first-order valence-corrected chi connectivity index (χ1v) is 6.08. The third-order valence-corrected chi connectivity index (χ3v) is 2.65. The Bertz CT molecular complexity index is 271. The van der Waals surface area contributed by atoms with Gasteiger partial charge < -0.3 is 5.32 Å². The Labute approximate surface area is 91.3 Å². The Balaban J connectivity index is 2.55. The Morgan fingerprint density at radius 2 is 2.21 bits per heavy atom. The zero-order valence-corrected chi connectivity index (χ0v) is 9.90. The molecule has 0 aliphatic heterocycles. The van der Waals surface area contributed by atoms with Crippen molar-refractivity contribution in [3.63, 3.8) is 0 Å². The standard InChI is InChI=1S/C12H18NS/c1-4-14-9-13-12-7-5-6-11(8-12)10(2)3/h5-10,13H,4H2,1-3H3. The molecule has 1 N–H and O–H groups in total. The highest BCUT2D eigenvalue weighted by molar-refractivity contribution is 8.01. The molecule has 2 heteroatoms. The van der Waals surface area contributed by atoms with Crippen LogP contribution in [0, 0.1) is 5.88 Å². The highest BCUT2D eigenvalue weighted by Crippen LogP contribution is 2.19. The summed E-state index contributed by atoms with van der Waals surface area (Å²) >= 11 is 1.78. The molecule has 1 nitrogen and oxygen atoms in total. The highest BCUT2D eigenvalue weighted by Gasteiger charge is 1.99. The molecular formula is C12H18NS. The highest BCUT2D eigenvalue weighted by atomic mass is 32.2. The average molecular weight is 208 g/mol. The van der Waals surface area contributed by atoms with Gasteiger partial charge in [0.25, 0.3) is 0 Å². The lowest BCUT2D eigenvalue weighted by atomic mass is 10.0. The van der Waals surface area contributed by atoms with E-state index < -0.39 is 0 Å². The Morgan fingerprint density at radius 3 is 2.86 bits per heavy atom. The van der Waals surface area contributed by atoms with Gasteiger partial charge in [0.1, 0.15) is 5.88 Å². The smallest absolute Gasteiger partial charge is 0.102 e. The lowest BCUT2D eigenvalue weighted by Crippen LogP contribution is -1.94. The van der Waals surface area contributed by atoms with Crippen molar-refractivity contribution in [1.29, 1.82) is 0 Å². The molecule has 0 saturated carbocycles. The molecule has 0 heterocycles. The van der Waals surface area contributed by atoms with Gasteiger partial charge in [-0.15, -0.1) is 11.8 Å². The Kier molecular flexibility index (Phi) is 4.88. The molecule has 1 rings (SSSR count). The second-order valence-corrected chi connectivity index (χ2v) is 4.64. The monoisotopic (exact) mass is 208 g/mol. The maximum absolute atomic E-state index is 3.28. The van der Waals surface area contributed by atoms with Crippen molar-refractivity contribution < 1.29 is 0 Å².